The molecule has 0 aromatic carbocycles. The molecule has 0 spiro atoms. The Morgan fingerprint density at radius 2 is 2.50 bits per heavy atom. The third kappa shape index (κ3) is 0.655. The van der Waals surface area contributed by atoms with Crippen LogP contribution in [0.15, 0.2) is 17.3 Å². The van der Waals surface area contributed by atoms with Crippen molar-refractivity contribution in [3.05, 3.63) is 18.0 Å². The Morgan fingerprint density at radius 1 is 1.50 bits per heavy atom. The molecule has 5 heteroatoms. The van der Waals surface area contributed by atoms with Crippen molar-refractivity contribution in [3.63, 3.8) is 0 Å². The van der Waals surface area contributed by atoms with Crippen molar-refractivity contribution in [3.8, 4) is 0 Å². The summed E-state index contributed by atoms with van der Waals surface area (Å²) in [5.41, 5.74) is 0. The summed E-state index contributed by atoms with van der Waals surface area (Å²) in [7, 11) is 0. The number of rotatable bonds is 0. The van der Waals surface area contributed by atoms with Crippen LogP contribution in [0.1, 0.15) is 5.82 Å². The quantitative estimate of drug-likeness (QED) is 0.487. The molecule has 2 rings (SSSR count). The zero-order valence-electron chi connectivity index (χ0n) is 4.97. The normalized spacial score (nSPS) is 13.2. The minimum absolute atomic E-state index is 0.612. The van der Waals surface area contributed by atoms with E-state index in [2.05, 4.69) is 26.5 Å². The minimum atomic E-state index is 0.612. The smallest absolute Gasteiger partial charge is 0.107 e. The lowest BCUT2D eigenvalue weighted by Crippen LogP contribution is -1.92. The second-order valence-corrected chi connectivity index (χ2v) is 1.68. The molecule has 0 atom stereocenters. The molecule has 48 valence electrons. The monoisotopic (exact) mass is 133 g/mol. The van der Waals surface area contributed by atoms with Gasteiger partial charge in [0.25, 0.3) is 0 Å². The van der Waals surface area contributed by atoms with Crippen LogP contribution in [0.3, 0.4) is 0 Å². The molecule has 0 radical (unpaired) electrons. The second kappa shape index (κ2) is 1.89. The van der Waals surface area contributed by atoms with Crippen LogP contribution in [0.25, 0.3) is 6.08 Å². The topological polar surface area (TPSA) is 56.0 Å². The number of hydrogen-bond acceptors (Lipinski definition) is 4. The summed E-state index contributed by atoms with van der Waals surface area (Å²) >= 11 is 0. The molecular weight excluding hydrogens is 130 g/mol. The van der Waals surface area contributed by atoms with Crippen molar-refractivity contribution < 1.29 is 0 Å². The molecule has 1 aliphatic heterocycles. The van der Waals surface area contributed by atoms with Gasteiger partial charge in [-0.15, -0.1) is 15.0 Å². The highest BCUT2D eigenvalue weighted by molar-refractivity contribution is 5.60. The zero-order valence-corrected chi connectivity index (χ0v) is 4.97. The number of aromatic nitrogens is 4. The number of nitrogens with zero attached hydrogens (tertiary/aromatic N) is 5. The van der Waals surface area contributed by atoms with E-state index in [9.17, 15) is 0 Å². The Morgan fingerprint density at radius 3 is 3.50 bits per heavy atom. The summed E-state index contributed by atoms with van der Waals surface area (Å²) in [6, 6.07) is 0. The lowest BCUT2D eigenvalue weighted by atomic mass is 10.5. The van der Waals surface area contributed by atoms with Crippen molar-refractivity contribution in [2.75, 3.05) is 0 Å². The van der Waals surface area contributed by atoms with Gasteiger partial charge in [0.1, 0.15) is 0 Å². The van der Waals surface area contributed by atoms with Gasteiger partial charge >= 0.3 is 0 Å². The minimum Gasteiger partial charge on any atom is -0.107 e. The van der Waals surface area contributed by atoms with Gasteiger partial charge in [-0.25, -0.2) is 0 Å². The third-order valence-corrected chi connectivity index (χ3v) is 1.05. The summed E-state index contributed by atoms with van der Waals surface area (Å²) in [5.74, 6) is 3.24. The standard InChI is InChI=1S/C5H3N5/c1-2-4-6-10-5(3-1)7-8-9-10/h1-3H. The maximum Gasteiger partial charge on any atom is 0.200 e. The van der Waals surface area contributed by atoms with E-state index < -0.39 is 0 Å². The van der Waals surface area contributed by atoms with Crippen LogP contribution in [-0.2, 0) is 0 Å². The van der Waals surface area contributed by atoms with Crippen LogP contribution in [-0.4, -0.2) is 26.2 Å². The van der Waals surface area contributed by atoms with E-state index in [1.54, 1.807) is 18.2 Å². The van der Waals surface area contributed by atoms with Gasteiger partial charge in [-0.3, -0.25) is 0 Å². The fourth-order valence-corrected chi connectivity index (χ4v) is 0.626. The van der Waals surface area contributed by atoms with E-state index in [4.69, 9.17) is 0 Å². The summed E-state index contributed by atoms with van der Waals surface area (Å²) in [4.78, 5) is 1.31. The molecule has 5 nitrogen and oxygen atoms in total. The van der Waals surface area contributed by atoms with E-state index in [1.807, 2.05) is 0 Å². The van der Waals surface area contributed by atoms with Crippen LogP contribution in [0.5, 0.6) is 0 Å². The van der Waals surface area contributed by atoms with Crippen LogP contribution in [0.4, 0.5) is 0 Å². The van der Waals surface area contributed by atoms with Crippen LogP contribution in [0.2, 0.25) is 0 Å². The maximum absolute atomic E-state index is 3.76. The van der Waals surface area contributed by atoms with Crippen LogP contribution in [0, 0.1) is 0 Å². The molecule has 0 aliphatic carbocycles. The predicted molar refractivity (Wildman–Crippen MR) is 34.3 cm³/mol. The van der Waals surface area contributed by atoms with E-state index in [0.29, 0.717) is 5.82 Å². The first-order valence-electron chi connectivity index (χ1n) is 2.71. The number of hydrogen-bond donors (Lipinski definition) is 0. The fraction of sp³-hybridized carbons (Fsp3) is 0. The van der Waals surface area contributed by atoms with Crippen molar-refractivity contribution in [1.82, 2.24) is 20.3 Å². The average Bonchev–Trinajstić information content (AvgIpc) is 2.28. The van der Waals surface area contributed by atoms with Crippen molar-refractivity contribution >= 4 is 11.9 Å². The number of allylic oxidation sites excluding steroid dienone is 2. The van der Waals surface area contributed by atoms with Gasteiger partial charge in [-0.2, -0.15) is 0 Å². The van der Waals surface area contributed by atoms with Gasteiger partial charge in [0.05, 0.1) is 0 Å². The van der Waals surface area contributed by atoms with Crippen molar-refractivity contribution in [1.29, 1.82) is 0 Å². The molecule has 1 aromatic rings. The zero-order chi connectivity index (χ0) is 6.81. The molecule has 0 N–H and O–H groups in total. The van der Waals surface area contributed by atoms with E-state index in [1.165, 1.54) is 4.79 Å². The summed E-state index contributed by atoms with van der Waals surface area (Å²) < 4.78 is 0. The maximum atomic E-state index is 3.76. The lowest BCUT2D eigenvalue weighted by molar-refractivity contribution is 0.691. The largest absolute Gasteiger partial charge is 0.200 e. The summed E-state index contributed by atoms with van der Waals surface area (Å²) in [6.45, 7) is 0. The molecule has 0 unspecified atom stereocenters. The molecule has 1 aromatic heterocycles. The highest BCUT2D eigenvalue weighted by Crippen LogP contribution is 1.95. The van der Waals surface area contributed by atoms with E-state index in [0.717, 1.165) is 0 Å². The first kappa shape index (κ1) is 5.08. The van der Waals surface area contributed by atoms with Gasteiger partial charge in [0, 0.05) is 11.9 Å². The Balaban J connectivity index is 2.68. The number of fused-ring (bicyclic) bond motifs is 1. The first-order valence-corrected chi connectivity index (χ1v) is 2.71. The average molecular weight is 133 g/mol. The second-order valence-electron chi connectivity index (χ2n) is 1.68. The molecule has 0 fully saturated rings. The molecule has 10 heavy (non-hydrogen) atoms. The van der Waals surface area contributed by atoms with Gasteiger partial charge in [-0.1, -0.05) is 0 Å². The van der Waals surface area contributed by atoms with E-state index in [-0.39, 0.29) is 0 Å². The Bertz CT molecular complexity index is 328. The van der Waals surface area contributed by atoms with Gasteiger partial charge in [0.2, 0.25) is 5.82 Å². The van der Waals surface area contributed by atoms with Gasteiger partial charge in [-0.05, 0) is 22.6 Å². The van der Waals surface area contributed by atoms with Crippen molar-refractivity contribution in [2.24, 2.45) is 5.10 Å². The van der Waals surface area contributed by atoms with Crippen LogP contribution >= 0.6 is 0 Å². The van der Waals surface area contributed by atoms with Crippen molar-refractivity contribution in [2.45, 2.75) is 0 Å². The first-order chi connectivity index (χ1) is 4.97. The Kier molecular flexibility index (Phi) is 0.961. The Hall–Kier alpha value is -1.74. The fourth-order valence-electron chi connectivity index (χ4n) is 0.626. The molecular formula is C5H3N5. The highest BCUT2D eigenvalue weighted by Gasteiger charge is 1.98. The van der Waals surface area contributed by atoms with E-state index >= 15 is 0 Å². The molecule has 0 saturated heterocycles. The van der Waals surface area contributed by atoms with Gasteiger partial charge < -0.3 is 0 Å². The van der Waals surface area contributed by atoms with Gasteiger partial charge in [0.15, 0.2) is 0 Å². The molecule has 0 saturated carbocycles. The molecule has 0 bridgehead atoms. The molecule has 2 heterocycles. The SMILES string of the molecule is C1=CC=Cc2nnnn2N=1. The molecule has 0 amide bonds. The molecule has 1 aliphatic rings. The highest BCUT2D eigenvalue weighted by atomic mass is 15.7. The lowest BCUT2D eigenvalue weighted by Gasteiger charge is -1.83. The summed E-state index contributed by atoms with van der Waals surface area (Å²) in [6.07, 6.45) is 5.21. The predicted octanol–water partition coefficient (Wildman–Crippen LogP) is -0.311. The summed E-state index contributed by atoms with van der Waals surface area (Å²) in [5, 5.41) is 14.4. The number of tetrazole rings is 1. The Labute approximate surface area is 56.4 Å². The van der Waals surface area contributed by atoms with Crippen LogP contribution < -0.4 is 0 Å². The third-order valence-electron chi connectivity index (χ3n) is 1.05.